The maximum absolute atomic E-state index is 9.70. The molecule has 1 aromatic heterocycles. The van der Waals surface area contributed by atoms with Crippen LogP contribution < -0.4 is 4.74 Å². The molecule has 0 saturated carbocycles. The third-order valence-corrected chi connectivity index (χ3v) is 5.21. The van der Waals surface area contributed by atoms with Gasteiger partial charge in [-0.15, -0.1) is 0 Å². The van der Waals surface area contributed by atoms with Crippen molar-refractivity contribution in [3.63, 3.8) is 0 Å². The van der Waals surface area contributed by atoms with Crippen molar-refractivity contribution < 1.29 is 4.74 Å². The lowest BCUT2D eigenvalue weighted by atomic mass is 10.1. The maximum Gasteiger partial charge on any atom is 0.149 e. The molecule has 0 aliphatic carbocycles. The summed E-state index contributed by atoms with van der Waals surface area (Å²) in [6, 6.07) is 21.5. The van der Waals surface area contributed by atoms with Crippen LogP contribution in [0, 0.1) is 25.2 Å². The summed E-state index contributed by atoms with van der Waals surface area (Å²) in [7, 11) is 0. The molecule has 0 atom stereocenters. The number of aryl methyl sites for hydroxylation is 2. The van der Waals surface area contributed by atoms with E-state index in [9.17, 15) is 5.26 Å². The molecule has 0 amide bonds. The second-order valence-electron chi connectivity index (χ2n) is 7.20. The van der Waals surface area contributed by atoms with Crippen LogP contribution in [0.4, 0.5) is 0 Å². The summed E-state index contributed by atoms with van der Waals surface area (Å²) < 4.78 is 5.89. The number of halogens is 1. The lowest BCUT2D eigenvalue weighted by molar-refractivity contribution is 0.306. The van der Waals surface area contributed by atoms with Crippen molar-refractivity contribution in [2.24, 2.45) is 0 Å². The highest BCUT2D eigenvalue weighted by Crippen LogP contribution is 2.23. The highest BCUT2D eigenvalue weighted by Gasteiger charge is 2.09. The van der Waals surface area contributed by atoms with Crippen LogP contribution in [0.2, 0.25) is 5.02 Å². The predicted octanol–water partition coefficient (Wildman–Crippen LogP) is 6.48. The van der Waals surface area contributed by atoms with Gasteiger partial charge in [0, 0.05) is 5.02 Å². The summed E-state index contributed by atoms with van der Waals surface area (Å²) in [5.41, 5.74) is 6.51. The minimum atomic E-state index is 0.442. The molecule has 0 fully saturated rings. The molecule has 0 aliphatic rings. The highest BCUT2D eigenvalue weighted by molar-refractivity contribution is 6.30. The Morgan fingerprint density at radius 3 is 2.63 bits per heavy atom. The molecule has 4 nitrogen and oxygen atoms in total. The summed E-state index contributed by atoms with van der Waals surface area (Å²) in [4.78, 5) is 7.86. The van der Waals surface area contributed by atoms with Crippen LogP contribution in [-0.4, -0.2) is 9.97 Å². The number of allylic oxidation sites excluding steroid dienone is 1. The number of imidazole rings is 1. The first-order valence-corrected chi connectivity index (χ1v) is 9.96. The summed E-state index contributed by atoms with van der Waals surface area (Å²) in [5, 5.41) is 10.4. The molecule has 0 bridgehead atoms. The van der Waals surface area contributed by atoms with Crippen molar-refractivity contribution in [3.05, 3.63) is 93.8 Å². The number of nitrogens with zero attached hydrogens (tertiary/aromatic N) is 2. The fourth-order valence-electron chi connectivity index (χ4n) is 3.16. The monoisotopic (exact) mass is 413 g/mol. The molecule has 1 heterocycles. The van der Waals surface area contributed by atoms with E-state index in [0.29, 0.717) is 23.0 Å². The molecule has 4 rings (SSSR count). The molecule has 1 N–H and O–H groups in total. The van der Waals surface area contributed by atoms with Gasteiger partial charge in [0.2, 0.25) is 0 Å². The molecule has 3 aromatic carbocycles. The van der Waals surface area contributed by atoms with Crippen LogP contribution >= 0.6 is 11.6 Å². The Bertz CT molecular complexity index is 1240. The predicted molar refractivity (Wildman–Crippen MR) is 121 cm³/mol. The molecule has 0 spiro atoms. The van der Waals surface area contributed by atoms with E-state index in [-0.39, 0.29) is 0 Å². The number of hydrogen-bond acceptors (Lipinski definition) is 3. The van der Waals surface area contributed by atoms with Gasteiger partial charge in [-0.05, 0) is 78.6 Å². The number of benzene rings is 3. The van der Waals surface area contributed by atoms with Crippen molar-refractivity contribution in [1.82, 2.24) is 9.97 Å². The van der Waals surface area contributed by atoms with Gasteiger partial charge in [0.05, 0.1) is 16.6 Å². The van der Waals surface area contributed by atoms with Gasteiger partial charge in [-0.1, -0.05) is 35.9 Å². The zero-order valence-electron chi connectivity index (χ0n) is 16.7. The van der Waals surface area contributed by atoms with E-state index >= 15 is 0 Å². The number of aromatic nitrogens is 2. The molecule has 148 valence electrons. The number of ether oxygens (including phenoxy) is 1. The van der Waals surface area contributed by atoms with E-state index in [1.54, 1.807) is 0 Å². The maximum atomic E-state index is 9.70. The minimum absolute atomic E-state index is 0.442. The third-order valence-electron chi connectivity index (χ3n) is 4.96. The Hall–Kier alpha value is -3.55. The Labute approximate surface area is 180 Å². The van der Waals surface area contributed by atoms with E-state index in [2.05, 4.69) is 36.0 Å². The van der Waals surface area contributed by atoms with Gasteiger partial charge < -0.3 is 9.72 Å². The molecule has 4 aromatic rings. The van der Waals surface area contributed by atoms with Gasteiger partial charge in [0.25, 0.3) is 0 Å². The highest BCUT2D eigenvalue weighted by atomic mass is 35.5. The molecular formula is C25H20ClN3O. The largest absolute Gasteiger partial charge is 0.489 e. The molecular weight excluding hydrogens is 394 g/mol. The fraction of sp³-hybridized carbons (Fsp3) is 0.120. The number of nitriles is 1. The smallest absolute Gasteiger partial charge is 0.149 e. The molecule has 0 radical (unpaired) electrons. The van der Waals surface area contributed by atoms with Gasteiger partial charge in [0.15, 0.2) is 0 Å². The summed E-state index contributed by atoms with van der Waals surface area (Å²) in [6.07, 6.45) is 1.81. The number of hydrogen-bond donors (Lipinski definition) is 1. The first kappa shape index (κ1) is 19.8. The van der Waals surface area contributed by atoms with Crippen LogP contribution in [0.15, 0.2) is 60.7 Å². The van der Waals surface area contributed by atoms with Crippen molar-refractivity contribution in [2.75, 3.05) is 0 Å². The van der Waals surface area contributed by atoms with Crippen LogP contribution in [-0.2, 0) is 6.61 Å². The van der Waals surface area contributed by atoms with Crippen LogP contribution in [0.3, 0.4) is 0 Å². The van der Waals surface area contributed by atoms with Crippen LogP contribution in [0.1, 0.15) is 28.1 Å². The van der Waals surface area contributed by atoms with Crippen LogP contribution in [0.5, 0.6) is 5.75 Å². The first-order chi connectivity index (χ1) is 14.5. The molecule has 0 aliphatic heterocycles. The van der Waals surface area contributed by atoms with Gasteiger partial charge in [-0.2, -0.15) is 5.26 Å². The van der Waals surface area contributed by atoms with Crippen molar-refractivity contribution in [2.45, 2.75) is 20.5 Å². The Balaban J connectivity index is 1.57. The summed E-state index contributed by atoms with van der Waals surface area (Å²) in [5.74, 6) is 1.29. The molecule has 5 heteroatoms. The zero-order chi connectivity index (χ0) is 21.1. The molecule has 0 unspecified atom stereocenters. The molecule has 30 heavy (non-hydrogen) atoms. The van der Waals surface area contributed by atoms with Gasteiger partial charge >= 0.3 is 0 Å². The lowest BCUT2D eigenvalue weighted by Gasteiger charge is -2.07. The number of H-pyrrole nitrogens is 1. The quantitative estimate of drug-likeness (QED) is 0.381. The Morgan fingerprint density at radius 1 is 1.10 bits per heavy atom. The van der Waals surface area contributed by atoms with Crippen molar-refractivity contribution >= 4 is 34.3 Å². The van der Waals surface area contributed by atoms with Crippen LogP contribution in [0.25, 0.3) is 22.7 Å². The lowest BCUT2D eigenvalue weighted by Crippen LogP contribution is -1.95. The zero-order valence-corrected chi connectivity index (χ0v) is 17.5. The SMILES string of the molecule is Cc1cc2nc(/C(C#N)=C/c3cccc(OCc4ccc(Cl)cc4)c3)[nH]c2cc1C. The van der Waals surface area contributed by atoms with E-state index in [1.807, 2.05) is 60.7 Å². The standard InChI is InChI=1S/C25H20ClN3O/c1-16-10-23-24(11-17(16)2)29-25(28-23)20(14-27)12-19-4-3-5-22(13-19)30-15-18-6-8-21(26)9-7-18/h3-13H,15H2,1-2H3,(H,28,29)/b20-12+. The van der Waals surface area contributed by atoms with Crippen molar-refractivity contribution in [1.29, 1.82) is 5.26 Å². The third kappa shape index (κ3) is 4.37. The summed E-state index contributed by atoms with van der Waals surface area (Å²) in [6.45, 7) is 4.56. The average molecular weight is 414 g/mol. The topological polar surface area (TPSA) is 61.7 Å². The number of nitrogens with one attached hydrogen (secondary N) is 1. The Morgan fingerprint density at radius 2 is 1.87 bits per heavy atom. The second-order valence-corrected chi connectivity index (χ2v) is 7.63. The first-order valence-electron chi connectivity index (χ1n) is 9.58. The summed E-state index contributed by atoms with van der Waals surface area (Å²) >= 11 is 5.92. The van der Waals surface area contributed by atoms with E-state index < -0.39 is 0 Å². The van der Waals surface area contributed by atoms with Gasteiger partial charge in [-0.3, -0.25) is 0 Å². The van der Waals surface area contributed by atoms with Gasteiger partial charge in [0.1, 0.15) is 24.3 Å². The minimum Gasteiger partial charge on any atom is -0.489 e. The van der Waals surface area contributed by atoms with E-state index in [4.69, 9.17) is 16.3 Å². The van der Waals surface area contributed by atoms with Gasteiger partial charge in [-0.25, -0.2) is 4.98 Å². The average Bonchev–Trinajstić information content (AvgIpc) is 3.14. The van der Waals surface area contributed by atoms with E-state index in [0.717, 1.165) is 27.9 Å². The normalized spacial score (nSPS) is 11.5. The Kier molecular flexibility index (Phi) is 5.56. The second kappa shape index (κ2) is 8.44. The number of rotatable bonds is 5. The number of fused-ring (bicyclic) bond motifs is 1. The molecule has 0 saturated heterocycles. The fourth-order valence-corrected chi connectivity index (χ4v) is 3.28. The van der Waals surface area contributed by atoms with E-state index in [1.165, 1.54) is 11.1 Å². The number of aromatic amines is 1. The van der Waals surface area contributed by atoms with Crippen molar-refractivity contribution in [3.8, 4) is 11.8 Å².